The van der Waals surface area contributed by atoms with Crippen molar-refractivity contribution in [3.63, 3.8) is 0 Å². The topological polar surface area (TPSA) is 128 Å². The molecule has 224 valence electrons. The molecular formula is C34H31N3O6S. The van der Waals surface area contributed by atoms with Gasteiger partial charge in [-0.2, -0.15) is 0 Å². The van der Waals surface area contributed by atoms with E-state index < -0.39 is 18.1 Å². The molecule has 4 aromatic rings. The van der Waals surface area contributed by atoms with E-state index in [1.54, 1.807) is 30.0 Å². The zero-order valence-corrected chi connectivity index (χ0v) is 24.8. The largest absolute Gasteiger partial charge is 0.508 e. The molecule has 6 rings (SSSR count). The number of hydrogen-bond acceptors (Lipinski definition) is 9. The van der Waals surface area contributed by atoms with Crippen molar-refractivity contribution in [1.82, 2.24) is 10.6 Å². The fourth-order valence-corrected chi connectivity index (χ4v) is 6.70. The van der Waals surface area contributed by atoms with Crippen molar-refractivity contribution in [2.45, 2.75) is 34.8 Å². The summed E-state index contributed by atoms with van der Waals surface area (Å²) < 4.78 is 5.88. The number of carbonyl (C=O) groups excluding carboxylic acids is 3. The second-order valence-electron chi connectivity index (χ2n) is 10.8. The zero-order valence-electron chi connectivity index (χ0n) is 23.9. The van der Waals surface area contributed by atoms with Crippen LogP contribution in [0.3, 0.4) is 0 Å². The minimum Gasteiger partial charge on any atom is -0.508 e. The lowest BCUT2D eigenvalue weighted by Crippen LogP contribution is -2.49. The van der Waals surface area contributed by atoms with E-state index in [4.69, 9.17) is 4.74 Å². The SMILES string of the molecule is CN1c2ccccc2Sc2ccc(O)c(C(=O)c3ccc(C(=O)O[C@@H]4CCCNC[C@H]4NC(=O)c4ccc(O)cc4)cc3)c21. The van der Waals surface area contributed by atoms with Gasteiger partial charge in [0.2, 0.25) is 0 Å². The van der Waals surface area contributed by atoms with Gasteiger partial charge in [-0.1, -0.05) is 36.0 Å². The third-order valence-electron chi connectivity index (χ3n) is 7.87. The number of para-hydroxylation sites is 1. The molecule has 0 radical (unpaired) electrons. The van der Waals surface area contributed by atoms with Crippen LogP contribution in [0.1, 0.15) is 49.5 Å². The normalized spacial score (nSPS) is 17.5. The summed E-state index contributed by atoms with van der Waals surface area (Å²) in [5.41, 5.74) is 2.74. The van der Waals surface area contributed by atoms with Gasteiger partial charge in [-0.25, -0.2) is 4.79 Å². The van der Waals surface area contributed by atoms with Gasteiger partial charge in [0.05, 0.1) is 28.5 Å². The number of phenols is 2. The molecule has 44 heavy (non-hydrogen) atoms. The first-order valence-electron chi connectivity index (χ1n) is 14.3. The van der Waals surface area contributed by atoms with Crippen LogP contribution in [-0.2, 0) is 4.74 Å². The number of benzene rings is 4. The highest BCUT2D eigenvalue weighted by Gasteiger charge is 2.31. The average molecular weight is 610 g/mol. The summed E-state index contributed by atoms with van der Waals surface area (Å²) in [5.74, 6) is -1.31. The molecule has 2 atom stereocenters. The van der Waals surface area contributed by atoms with Gasteiger partial charge in [0, 0.05) is 34.5 Å². The molecule has 2 aliphatic rings. The number of ketones is 1. The second-order valence-corrected chi connectivity index (χ2v) is 11.8. The van der Waals surface area contributed by atoms with Crippen LogP contribution in [0.25, 0.3) is 0 Å². The van der Waals surface area contributed by atoms with Crippen LogP contribution in [0.2, 0.25) is 0 Å². The molecular weight excluding hydrogens is 578 g/mol. The number of hydrogen-bond donors (Lipinski definition) is 4. The molecule has 10 heteroatoms. The predicted octanol–water partition coefficient (Wildman–Crippen LogP) is 5.27. The molecule has 4 N–H and O–H groups in total. The minimum atomic E-state index is -0.566. The number of anilines is 2. The van der Waals surface area contributed by atoms with E-state index in [0.29, 0.717) is 29.8 Å². The average Bonchev–Trinajstić information content (AvgIpc) is 3.26. The Labute approximate surface area is 258 Å². The summed E-state index contributed by atoms with van der Waals surface area (Å²) in [5, 5.41) is 26.5. The number of aromatic hydroxyl groups is 2. The van der Waals surface area contributed by atoms with Crippen LogP contribution >= 0.6 is 11.8 Å². The van der Waals surface area contributed by atoms with Crippen LogP contribution in [0.4, 0.5) is 11.4 Å². The summed E-state index contributed by atoms with van der Waals surface area (Å²) in [6.07, 6.45) is 0.755. The number of fused-ring (bicyclic) bond motifs is 2. The summed E-state index contributed by atoms with van der Waals surface area (Å²) >= 11 is 1.54. The molecule has 1 amide bonds. The Morgan fingerprint density at radius 2 is 1.59 bits per heavy atom. The van der Waals surface area contributed by atoms with Crippen molar-refractivity contribution in [2.75, 3.05) is 25.0 Å². The molecule has 2 aliphatic heterocycles. The van der Waals surface area contributed by atoms with Crippen molar-refractivity contribution in [1.29, 1.82) is 0 Å². The summed E-state index contributed by atoms with van der Waals surface area (Å²) in [6.45, 7) is 1.16. The minimum absolute atomic E-state index is 0.0641. The zero-order chi connectivity index (χ0) is 30.8. The van der Waals surface area contributed by atoms with Gasteiger partial charge >= 0.3 is 5.97 Å². The Hall–Kier alpha value is -4.80. The number of amides is 1. The fraction of sp³-hybridized carbons (Fsp3) is 0.206. The quantitative estimate of drug-likeness (QED) is 0.171. The molecule has 2 heterocycles. The van der Waals surface area contributed by atoms with Crippen molar-refractivity contribution in [3.8, 4) is 11.5 Å². The molecule has 0 aromatic heterocycles. The molecule has 9 nitrogen and oxygen atoms in total. The van der Waals surface area contributed by atoms with Crippen LogP contribution in [0.5, 0.6) is 11.5 Å². The maximum Gasteiger partial charge on any atom is 0.338 e. The van der Waals surface area contributed by atoms with Gasteiger partial charge in [-0.3, -0.25) is 9.59 Å². The first-order valence-corrected chi connectivity index (χ1v) is 15.1. The van der Waals surface area contributed by atoms with Gasteiger partial charge in [0.1, 0.15) is 17.6 Å². The molecule has 0 aliphatic carbocycles. The third kappa shape index (κ3) is 5.86. The Morgan fingerprint density at radius 3 is 2.36 bits per heavy atom. The predicted molar refractivity (Wildman–Crippen MR) is 167 cm³/mol. The van der Waals surface area contributed by atoms with E-state index in [-0.39, 0.29) is 34.3 Å². The van der Waals surface area contributed by atoms with Crippen LogP contribution in [0, 0.1) is 0 Å². The lowest BCUT2D eigenvalue weighted by atomic mass is 9.98. The maximum atomic E-state index is 13.7. The lowest BCUT2D eigenvalue weighted by Gasteiger charge is -2.31. The Bertz CT molecular complexity index is 1720. The van der Waals surface area contributed by atoms with Gasteiger partial charge in [-0.15, -0.1) is 0 Å². The molecule has 0 unspecified atom stereocenters. The van der Waals surface area contributed by atoms with E-state index in [0.717, 1.165) is 28.4 Å². The second kappa shape index (κ2) is 12.4. The van der Waals surface area contributed by atoms with Gasteiger partial charge in [0.25, 0.3) is 5.91 Å². The highest BCUT2D eigenvalue weighted by atomic mass is 32.2. The molecule has 4 aromatic carbocycles. The molecule has 0 saturated carbocycles. The molecule has 1 saturated heterocycles. The number of nitrogens with zero attached hydrogens (tertiary/aromatic N) is 1. The number of rotatable bonds is 6. The first kappa shape index (κ1) is 29.3. The van der Waals surface area contributed by atoms with Crippen molar-refractivity contribution >= 4 is 40.8 Å². The molecule has 0 spiro atoms. The van der Waals surface area contributed by atoms with Gasteiger partial charge in [0.15, 0.2) is 5.78 Å². The van der Waals surface area contributed by atoms with E-state index in [2.05, 4.69) is 10.6 Å². The Morgan fingerprint density at radius 1 is 0.886 bits per heavy atom. The van der Waals surface area contributed by atoms with Crippen molar-refractivity contribution in [2.24, 2.45) is 0 Å². The highest BCUT2D eigenvalue weighted by molar-refractivity contribution is 7.99. The Kier molecular flexibility index (Phi) is 8.28. The number of ether oxygens (including phenoxy) is 1. The van der Waals surface area contributed by atoms with Gasteiger partial charge < -0.3 is 30.5 Å². The van der Waals surface area contributed by atoms with Crippen LogP contribution in [0.15, 0.2) is 94.7 Å². The van der Waals surface area contributed by atoms with E-state index in [1.165, 1.54) is 42.5 Å². The fourth-order valence-electron chi connectivity index (χ4n) is 5.54. The van der Waals surface area contributed by atoms with E-state index >= 15 is 0 Å². The number of carbonyl (C=O) groups is 3. The smallest absolute Gasteiger partial charge is 0.338 e. The number of phenolic OH excluding ortho intramolecular Hbond substituents is 2. The summed E-state index contributed by atoms with van der Waals surface area (Å²) in [7, 11) is 1.87. The summed E-state index contributed by atoms with van der Waals surface area (Å²) in [4.78, 5) is 43.6. The number of nitrogens with one attached hydrogen (secondary N) is 2. The highest BCUT2D eigenvalue weighted by Crippen LogP contribution is 2.50. The maximum absolute atomic E-state index is 13.7. The standard InChI is InChI=1S/C34H31N3O6S/c1-37-25-5-2-3-7-28(25)44-29-17-16-26(39)30(31(29)37)32(40)20-8-10-22(11-9-20)34(42)43-27-6-4-18-35-19-24(27)36-33(41)21-12-14-23(38)15-13-21/h2-3,5,7-17,24,27,35,38-39H,4,6,18-19H2,1H3,(H,36,41)/t24-,27-/m1/s1. The summed E-state index contributed by atoms with van der Waals surface area (Å²) in [6, 6.07) is 22.9. The number of esters is 1. The van der Waals surface area contributed by atoms with Crippen molar-refractivity contribution in [3.05, 3.63) is 107 Å². The van der Waals surface area contributed by atoms with Crippen molar-refractivity contribution < 1.29 is 29.3 Å². The molecule has 1 fully saturated rings. The van der Waals surface area contributed by atoms with Gasteiger partial charge in [-0.05, 0) is 80.1 Å². The monoisotopic (exact) mass is 609 g/mol. The molecule has 0 bridgehead atoms. The van der Waals surface area contributed by atoms with Crippen LogP contribution in [-0.4, -0.2) is 60.2 Å². The van der Waals surface area contributed by atoms with E-state index in [9.17, 15) is 24.6 Å². The lowest BCUT2D eigenvalue weighted by molar-refractivity contribution is 0.0192. The first-order chi connectivity index (χ1) is 21.3. The van der Waals surface area contributed by atoms with Crippen LogP contribution < -0.4 is 15.5 Å². The third-order valence-corrected chi connectivity index (χ3v) is 8.98. The van der Waals surface area contributed by atoms with E-state index in [1.807, 2.05) is 36.2 Å². The Balaban J connectivity index is 1.18.